The van der Waals surface area contributed by atoms with Gasteiger partial charge in [0.05, 0.1) is 15.6 Å². The van der Waals surface area contributed by atoms with E-state index in [9.17, 15) is 14.0 Å². The predicted octanol–water partition coefficient (Wildman–Crippen LogP) is 6.35. The van der Waals surface area contributed by atoms with Crippen molar-refractivity contribution < 1.29 is 18.7 Å². The third kappa shape index (κ3) is 6.42. The van der Waals surface area contributed by atoms with Gasteiger partial charge < -0.3 is 15.4 Å². The molecule has 1 aliphatic heterocycles. The molecule has 0 aliphatic carbocycles. The number of aliphatic imine (C=N–C) groups is 1. The van der Waals surface area contributed by atoms with E-state index in [0.717, 1.165) is 5.56 Å². The van der Waals surface area contributed by atoms with Crippen molar-refractivity contribution in [1.29, 1.82) is 0 Å². The third-order valence-electron chi connectivity index (χ3n) is 4.85. The van der Waals surface area contributed by atoms with Crippen LogP contribution >= 0.6 is 35.0 Å². The second-order valence-electron chi connectivity index (χ2n) is 7.40. The highest BCUT2D eigenvalue weighted by molar-refractivity contribution is 8.18. The maximum Gasteiger partial charge on any atom is 0.264 e. The van der Waals surface area contributed by atoms with Crippen LogP contribution in [-0.2, 0) is 9.59 Å². The summed E-state index contributed by atoms with van der Waals surface area (Å²) >= 11 is 13.7. The lowest BCUT2D eigenvalue weighted by Gasteiger charge is -2.09. The monoisotopic (exact) mass is 529 g/mol. The number of hydrogen-bond acceptors (Lipinski definition) is 5. The van der Waals surface area contributed by atoms with Gasteiger partial charge in [0.1, 0.15) is 11.6 Å². The van der Waals surface area contributed by atoms with Gasteiger partial charge in [0.25, 0.3) is 11.8 Å². The summed E-state index contributed by atoms with van der Waals surface area (Å²) in [6, 6.07) is 15.8. The zero-order valence-electron chi connectivity index (χ0n) is 18.3. The van der Waals surface area contributed by atoms with Crippen molar-refractivity contribution in [3.63, 3.8) is 0 Å². The normalized spacial score (nSPS) is 15.4. The highest BCUT2D eigenvalue weighted by atomic mass is 35.5. The second-order valence-corrected chi connectivity index (χ2v) is 9.24. The lowest BCUT2D eigenvalue weighted by Crippen LogP contribution is -2.20. The molecule has 1 heterocycles. The Morgan fingerprint density at radius 2 is 1.91 bits per heavy atom. The Bertz CT molecular complexity index is 1360. The summed E-state index contributed by atoms with van der Waals surface area (Å²) in [4.78, 5) is 29.4. The van der Waals surface area contributed by atoms with E-state index in [1.165, 1.54) is 36.0 Å². The molecule has 0 aromatic heterocycles. The molecule has 0 radical (unpaired) electrons. The van der Waals surface area contributed by atoms with E-state index in [0.29, 0.717) is 37.8 Å². The van der Waals surface area contributed by atoms with Crippen LogP contribution in [0.1, 0.15) is 11.1 Å². The topological polar surface area (TPSA) is 79.8 Å². The average Bonchev–Trinajstić information content (AvgIpc) is 3.16. The van der Waals surface area contributed by atoms with Gasteiger partial charge in [0.2, 0.25) is 0 Å². The molecule has 178 valence electrons. The van der Waals surface area contributed by atoms with E-state index in [1.54, 1.807) is 36.4 Å². The fourth-order valence-electron chi connectivity index (χ4n) is 3.06. The van der Waals surface area contributed by atoms with Crippen molar-refractivity contribution >= 4 is 69.4 Å². The number of nitrogens with one attached hydrogen (secondary N) is 2. The number of rotatable bonds is 6. The SMILES string of the molecule is Cc1c(Cl)cccc1N=C1NC(=O)/C(=C\c2ccc(OCC(=O)Nc3ccc(F)cc3)c(Cl)c2)S1. The van der Waals surface area contributed by atoms with E-state index in [4.69, 9.17) is 27.9 Å². The Hall–Kier alpha value is -3.33. The van der Waals surface area contributed by atoms with Crippen LogP contribution in [-0.4, -0.2) is 23.6 Å². The summed E-state index contributed by atoms with van der Waals surface area (Å²) in [5.41, 5.74) is 2.63. The zero-order valence-corrected chi connectivity index (χ0v) is 20.6. The van der Waals surface area contributed by atoms with Crippen molar-refractivity contribution in [1.82, 2.24) is 5.32 Å². The van der Waals surface area contributed by atoms with Crippen LogP contribution in [0.15, 0.2) is 70.6 Å². The van der Waals surface area contributed by atoms with Crippen LogP contribution in [0.4, 0.5) is 15.8 Å². The fraction of sp³-hybridized carbons (Fsp3) is 0.0800. The number of thioether (sulfide) groups is 1. The average molecular weight is 530 g/mol. The number of amides is 2. The summed E-state index contributed by atoms with van der Waals surface area (Å²) in [5.74, 6) is -0.776. The molecule has 0 spiro atoms. The number of hydrogen-bond donors (Lipinski definition) is 2. The largest absolute Gasteiger partial charge is 0.482 e. The first-order chi connectivity index (χ1) is 16.8. The minimum Gasteiger partial charge on any atom is -0.482 e. The van der Waals surface area contributed by atoms with E-state index >= 15 is 0 Å². The molecule has 6 nitrogen and oxygen atoms in total. The number of nitrogens with zero attached hydrogens (tertiary/aromatic N) is 1. The molecule has 0 bridgehead atoms. The number of amidine groups is 1. The van der Waals surface area contributed by atoms with Crippen LogP contribution in [0.25, 0.3) is 6.08 Å². The first kappa shape index (κ1) is 24.8. The third-order valence-corrected chi connectivity index (χ3v) is 6.47. The Kier molecular flexibility index (Phi) is 7.75. The number of halogens is 3. The van der Waals surface area contributed by atoms with Crippen molar-refractivity contribution in [3.05, 3.63) is 92.6 Å². The van der Waals surface area contributed by atoms with Crippen molar-refractivity contribution in [2.24, 2.45) is 4.99 Å². The van der Waals surface area contributed by atoms with Gasteiger partial charge in [0.15, 0.2) is 11.8 Å². The fourth-order valence-corrected chi connectivity index (χ4v) is 4.30. The number of carbonyl (C=O) groups is 2. The summed E-state index contributed by atoms with van der Waals surface area (Å²) in [6.07, 6.45) is 1.68. The molecule has 0 atom stereocenters. The molecule has 10 heteroatoms. The van der Waals surface area contributed by atoms with Gasteiger partial charge in [-0.25, -0.2) is 9.38 Å². The van der Waals surface area contributed by atoms with E-state index in [1.807, 2.05) is 13.0 Å². The number of ether oxygens (including phenoxy) is 1. The molecule has 1 aliphatic rings. The summed E-state index contributed by atoms with van der Waals surface area (Å²) < 4.78 is 18.5. The van der Waals surface area contributed by atoms with Crippen LogP contribution in [0, 0.1) is 12.7 Å². The van der Waals surface area contributed by atoms with Gasteiger partial charge in [-0.15, -0.1) is 0 Å². The molecular formula is C25H18Cl2FN3O3S. The maximum absolute atomic E-state index is 13.0. The molecule has 4 rings (SSSR count). The summed E-state index contributed by atoms with van der Waals surface area (Å²) in [5, 5.41) is 6.67. The second kappa shape index (κ2) is 10.9. The first-order valence-electron chi connectivity index (χ1n) is 10.3. The van der Waals surface area contributed by atoms with Crippen molar-refractivity contribution in [2.45, 2.75) is 6.92 Å². The zero-order chi connectivity index (χ0) is 24.9. The smallest absolute Gasteiger partial charge is 0.264 e. The molecule has 3 aromatic carbocycles. The molecule has 35 heavy (non-hydrogen) atoms. The lowest BCUT2D eigenvalue weighted by molar-refractivity contribution is -0.118. The standard InChI is InChI=1S/C25H18Cl2FN3O3S/c1-14-18(26)3-2-4-20(14)30-25-31-24(33)22(35-25)12-15-5-10-21(19(27)11-15)34-13-23(32)29-17-8-6-16(28)7-9-17/h2-12H,13H2,1H3,(H,29,32)(H,30,31,33)/b22-12+. The highest BCUT2D eigenvalue weighted by Gasteiger charge is 2.24. The van der Waals surface area contributed by atoms with Crippen molar-refractivity contribution in [3.8, 4) is 5.75 Å². The van der Waals surface area contributed by atoms with Crippen LogP contribution in [0.3, 0.4) is 0 Å². The van der Waals surface area contributed by atoms with Crippen molar-refractivity contribution in [2.75, 3.05) is 11.9 Å². The van der Waals surface area contributed by atoms with Gasteiger partial charge in [-0.05, 0) is 84.4 Å². The quantitative estimate of drug-likeness (QED) is 0.364. The Balaban J connectivity index is 1.39. The summed E-state index contributed by atoms with van der Waals surface area (Å²) in [6.45, 7) is 1.58. The van der Waals surface area contributed by atoms with Gasteiger partial charge in [-0.2, -0.15) is 0 Å². The van der Waals surface area contributed by atoms with E-state index < -0.39 is 11.7 Å². The molecule has 3 aromatic rings. The first-order valence-corrected chi connectivity index (χ1v) is 11.9. The molecular weight excluding hydrogens is 512 g/mol. The number of carbonyl (C=O) groups excluding carboxylic acids is 2. The number of benzene rings is 3. The van der Waals surface area contributed by atoms with E-state index in [-0.39, 0.29) is 17.5 Å². The van der Waals surface area contributed by atoms with Crippen LogP contribution in [0.5, 0.6) is 5.75 Å². The maximum atomic E-state index is 13.0. The summed E-state index contributed by atoms with van der Waals surface area (Å²) in [7, 11) is 0. The molecule has 2 N–H and O–H groups in total. The van der Waals surface area contributed by atoms with Crippen LogP contribution < -0.4 is 15.4 Å². The molecule has 2 amide bonds. The minimum absolute atomic E-state index is 0.276. The van der Waals surface area contributed by atoms with Gasteiger partial charge in [0, 0.05) is 10.7 Å². The lowest BCUT2D eigenvalue weighted by atomic mass is 10.2. The predicted molar refractivity (Wildman–Crippen MR) is 139 cm³/mol. The number of anilines is 1. The highest BCUT2D eigenvalue weighted by Crippen LogP contribution is 2.32. The molecule has 0 saturated carbocycles. The Morgan fingerprint density at radius 3 is 2.66 bits per heavy atom. The molecule has 1 fully saturated rings. The Morgan fingerprint density at radius 1 is 1.14 bits per heavy atom. The van der Waals surface area contributed by atoms with Gasteiger partial charge in [-0.1, -0.05) is 35.3 Å². The minimum atomic E-state index is -0.417. The Labute approximate surface area is 215 Å². The molecule has 1 saturated heterocycles. The van der Waals surface area contributed by atoms with Crippen LogP contribution in [0.2, 0.25) is 10.0 Å². The van der Waals surface area contributed by atoms with Gasteiger partial charge >= 0.3 is 0 Å². The van der Waals surface area contributed by atoms with E-state index in [2.05, 4.69) is 15.6 Å². The molecule has 0 unspecified atom stereocenters. The van der Waals surface area contributed by atoms with Gasteiger partial charge in [-0.3, -0.25) is 9.59 Å².